The van der Waals surface area contributed by atoms with Crippen LogP contribution >= 0.6 is 11.3 Å². The molecule has 1 aromatic heterocycles. The molecule has 0 unspecified atom stereocenters. The molecule has 112 valence electrons. The van der Waals surface area contributed by atoms with E-state index in [1.807, 2.05) is 0 Å². The minimum absolute atomic E-state index is 0.0332. The van der Waals surface area contributed by atoms with Crippen LogP contribution < -0.4 is 10.6 Å². The molecule has 3 N–H and O–H groups in total. The molecular weight excluding hydrogens is 274 g/mol. The molecule has 0 aromatic carbocycles. The van der Waals surface area contributed by atoms with Gasteiger partial charge in [0.25, 0.3) is 0 Å². The monoisotopic (exact) mass is 297 g/mol. The number of rotatable bonds is 4. The highest BCUT2D eigenvalue weighted by molar-refractivity contribution is 7.09. The van der Waals surface area contributed by atoms with Gasteiger partial charge in [-0.2, -0.15) is 0 Å². The van der Waals surface area contributed by atoms with E-state index in [1.54, 1.807) is 11.3 Å². The molecule has 20 heavy (non-hydrogen) atoms. The molecular formula is C14H23N3O2S. The van der Waals surface area contributed by atoms with Crippen LogP contribution in [0, 0.1) is 0 Å². The number of hydrogen-bond donors (Lipinski definition) is 3. The van der Waals surface area contributed by atoms with Gasteiger partial charge in [0.15, 0.2) is 0 Å². The third-order valence-electron chi connectivity index (χ3n) is 3.38. The van der Waals surface area contributed by atoms with Gasteiger partial charge in [-0.05, 0) is 6.42 Å². The summed E-state index contributed by atoms with van der Waals surface area (Å²) in [5, 5.41) is 18.4. The van der Waals surface area contributed by atoms with Crippen molar-refractivity contribution in [2.45, 2.75) is 51.2 Å². The number of aromatic nitrogens is 1. The van der Waals surface area contributed by atoms with Gasteiger partial charge in [-0.25, -0.2) is 4.98 Å². The molecule has 1 aliphatic heterocycles. The fourth-order valence-corrected chi connectivity index (χ4v) is 3.13. The first-order chi connectivity index (χ1) is 9.36. The van der Waals surface area contributed by atoms with E-state index < -0.39 is 6.10 Å². The lowest BCUT2D eigenvalue weighted by molar-refractivity contribution is -0.122. The molecule has 0 bridgehead atoms. The Balaban J connectivity index is 1.76. The van der Waals surface area contributed by atoms with Crippen molar-refractivity contribution in [2.24, 2.45) is 0 Å². The Morgan fingerprint density at radius 2 is 2.35 bits per heavy atom. The Hall–Kier alpha value is -0.980. The van der Waals surface area contributed by atoms with E-state index in [-0.39, 0.29) is 17.4 Å². The lowest BCUT2D eigenvalue weighted by Crippen LogP contribution is -2.41. The van der Waals surface area contributed by atoms with E-state index >= 15 is 0 Å². The van der Waals surface area contributed by atoms with Gasteiger partial charge in [-0.15, -0.1) is 11.3 Å². The van der Waals surface area contributed by atoms with E-state index in [1.165, 1.54) is 0 Å². The normalized spacial score (nSPS) is 23.0. The molecule has 6 heteroatoms. The Morgan fingerprint density at radius 3 is 2.90 bits per heavy atom. The second kappa shape index (κ2) is 6.20. The van der Waals surface area contributed by atoms with E-state index in [0.717, 1.165) is 17.1 Å². The summed E-state index contributed by atoms with van der Waals surface area (Å²) in [4.78, 5) is 16.4. The molecule has 1 aliphatic rings. The largest absolute Gasteiger partial charge is 0.392 e. The number of aliphatic hydroxyl groups is 1. The number of thiazole rings is 1. The predicted octanol–water partition coefficient (Wildman–Crippen LogP) is 0.822. The topological polar surface area (TPSA) is 74.2 Å². The first-order valence-corrected chi connectivity index (χ1v) is 7.88. The Bertz CT molecular complexity index is 467. The van der Waals surface area contributed by atoms with Crippen LogP contribution in [0.1, 0.15) is 37.9 Å². The smallest absolute Gasteiger partial charge is 0.237 e. The molecule has 2 heterocycles. The predicted molar refractivity (Wildman–Crippen MR) is 79.9 cm³/mol. The van der Waals surface area contributed by atoms with Gasteiger partial charge in [0, 0.05) is 30.3 Å². The van der Waals surface area contributed by atoms with Gasteiger partial charge in [0.05, 0.1) is 22.8 Å². The summed E-state index contributed by atoms with van der Waals surface area (Å²) in [6, 6.07) is -0.258. The van der Waals surface area contributed by atoms with Gasteiger partial charge < -0.3 is 15.7 Å². The first-order valence-electron chi connectivity index (χ1n) is 7.00. The molecule has 0 spiro atoms. The van der Waals surface area contributed by atoms with Crippen molar-refractivity contribution in [3.63, 3.8) is 0 Å². The number of carbonyl (C=O) groups excluding carboxylic acids is 1. The maximum atomic E-state index is 11.8. The van der Waals surface area contributed by atoms with E-state index in [0.29, 0.717) is 19.5 Å². The molecule has 0 radical (unpaired) electrons. The number of nitrogens with one attached hydrogen (secondary N) is 2. The average molecular weight is 297 g/mol. The lowest BCUT2D eigenvalue weighted by Gasteiger charge is -2.14. The summed E-state index contributed by atoms with van der Waals surface area (Å²) in [7, 11) is 0. The molecule has 5 nitrogen and oxygen atoms in total. The Labute approximate surface area is 123 Å². The third-order valence-corrected chi connectivity index (χ3v) is 4.29. The maximum absolute atomic E-state index is 11.8. The zero-order valence-electron chi connectivity index (χ0n) is 12.3. The number of hydrogen-bond acceptors (Lipinski definition) is 5. The quantitative estimate of drug-likeness (QED) is 0.769. The molecule has 1 fully saturated rings. The lowest BCUT2D eigenvalue weighted by atomic mass is 9.93. The van der Waals surface area contributed by atoms with Crippen LogP contribution in [0.4, 0.5) is 0 Å². The zero-order valence-corrected chi connectivity index (χ0v) is 13.1. The van der Waals surface area contributed by atoms with Crippen LogP contribution in [0.2, 0.25) is 0 Å². The summed E-state index contributed by atoms with van der Waals surface area (Å²) >= 11 is 1.64. The van der Waals surface area contributed by atoms with E-state index in [4.69, 9.17) is 0 Å². The minimum atomic E-state index is -0.404. The molecule has 2 atom stereocenters. The van der Waals surface area contributed by atoms with Crippen molar-refractivity contribution in [3.8, 4) is 0 Å². The second-order valence-corrected chi connectivity index (χ2v) is 7.21. The third kappa shape index (κ3) is 4.01. The first kappa shape index (κ1) is 15.4. The van der Waals surface area contributed by atoms with Crippen LogP contribution in [0.5, 0.6) is 0 Å². The van der Waals surface area contributed by atoms with Crippen molar-refractivity contribution >= 4 is 17.2 Å². The molecule has 0 saturated carbocycles. The molecule has 1 saturated heterocycles. The summed E-state index contributed by atoms with van der Waals surface area (Å²) < 4.78 is 0. The van der Waals surface area contributed by atoms with Crippen molar-refractivity contribution < 1.29 is 9.90 Å². The van der Waals surface area contributed by atoms with Crippen LogP contribution in [-0.2, 0) is 16.6 Å². The fraction of sp³-hybridized carbons (Fsp3) is 0.714. The molecule has 1 amide bonds. The summed E-state index contributed by atoms with van der Waals surface area (Å²) in [5.41, 5.74) is 1.17. The number of β-amino-alcohol motifs (C(OH)–C–C–N with tert-alkyl or cyclic N) is 1. The standard InChI is InChI=1S/C14H23N3O2S/c1-14(2,3)11-8-20-12(17-11)4-5-15-13(19)10-6-9(18)7-16-10/h8-10,16,18H,4-7H2,1-3H3,(H,15,19)/t9-,10+/m1/s1. The number of amides is 1. The Kier molecular flexibility index (Phi) is 4.78. The SMILES string of the molecule is CC(C)(C)c1csc(CCNC(=O)[C@@H]2C[C@@H](O)CN2)n1. The van der Waals surface area contributed by atoms with Crippen LogP contribution in [0.3, 0.4) is 0 Å². The van der Waals surface area contributed by atoms with Crippen molar-refractivity contribution in [2.75, 3.05) is 13.1 Å². The highest BCUT2D eigenvalue weighted by Gasteiger charge is 2.27. The number of aliphatic hydroxyl groups excluding tert-OH is 1. The zero-order chi connectivity index (χ0) is 14.8. The van der Waals surface area contributed by atoms with Gasteiger partial charge >= 0.3 is 0 Å². The van der Waals surface area contributed by atoms with Crippen molar-refractivity contribution in [1.82, 2.24) is 15.6 Å². The fourth-order valence-electron chi connectivity index (χ4n) is 2.10. The van der Waals surface area contributed by atoms with Gasteiger partial charge in [-0.3, -0.25) is 4.79 Å². The van der Waals surface area contributed by atoms with E-state index in [2.05, 4.69) is 41.8 Å². The summed E-state index contributed by atoms with van der Waals surface area (Å²) in [6.45, 7) is 7.52. The van der Waals surface area contributed by atoms with E-state index in [9.17, 15) is 9.90 Å². The van der Waals surface area contributed by atoms with Gasteiger partial charge in [0.1, 0.15) is 0 Å². The van der Waals surface area contributed by atoms with Crippen molar-refractivity contribution in [3.05, 3.63) is 16.1 Å². The summed E-state index contributed by atoms with van der Waals surface area (Å²) in [5.74, 6) is -0.0332. The number of carbonyl (C=O) groups is 1. The van der Waals surface area contributed by atoms with Gasteiger partial charge in [-0.1, -0.05) is 20.8 Å². The minimum Gasteiger partial charge on any atom is -0.392 e. The van der Waals surface area contributed by atoms with Crippen LogP contribution in [0.25, 0.3) is 0 Å². The van der Waals surface area contributed by atoms with Crippen LogP contribution in [-0.4, -0.2) is 41.2 Å². The second-order valence-electron chi connectivity index (χ2n) is 6.27. The highest BCUT2D eigenvalue weighted by atomic mass is 32.1. The average Bonchev–Trinajstić information content (AvgIpc) is 2.97. The highest BCUT2D eigenvalue weighted by Crippen LogP contribution is 2.23. The number of nitrogens with zero attached hydrogens (tertiary/aromatic N) is 1. The maximum Gasteiger partial charge on any atom is 0.237 e. The molecule has 0 aliphatic carbocycles. The Morgan fingerprint density at radius 1 is 1.60 bits per heavy atom. The van der Waals surface area contributed by atoms with Crippen molar-refractivity contribution in [1.29, 1.82) is 0 Å². The van der Waals surface area contributed by atoms with Crippen LogP contribution in [0.15, 0.2) is 5.38 Å². The summed E-state index contributed by atoms with van der Waals surface area (Å²) in [6.07, 6.45) is 0.845. The molecule has 1 aromatic rings. The van der Waals surface area contributed by atoms with Gasteiger partial charge in [0.2, 0.25) is 5.91 Å². The molecule has 2 rings (SSSR count).